The van der Waals surface area contributed by atoms with Gasteiger partial charge in [-0.25, -0.2) is 0 Å². The summed E-state index contributed by atoms with van der Waals surface area (Å²) in [5, 5.41) is 0. The van der Waals surface area contributed by atoms with Gasteiger partial charge >= 0.3 is 0 Å². The van der Waals surface area contributed by atoms with E-state index in [9.17, 15) is 0 Å². The van der Waals surface area contributed by atoms with Crippen LogP contribution in [0.25, 0.3) is 0 Å². The number of hydrogen-bond donors (Lipinski definition) is 0. The van der Waals surface area contributed by atoms with Crippen molar-refractivity contribution in [1.82, 2.24) is 4.98 Å². The highest BCUT2D eigenvalue weighted by atomic mass is 16.7. The molecule has 0 aliphatic carbocycles. The molecule has 1 aromatic heterocycles. The van der Waals surface area contributed by atoms with Gasteiger partial charge in [0.15, 0.2) is 6.29 Å². The minimum absolute atomic E-state index is 0.218. The van der Waals surface area contributed by atoms with E-state index in [0.717, 1.165) is 36.6 Å². The molecule has 2 aromatic rings. The van der Waals surface area contributed by atoms with Crippen molar-refractivity contribution in [2.45, 2.75) is 12.7 Å². The Morgan fingerprint density at radius 3 is 2.20 bits per heavy atom. The standard InChI is InChI=1S/C16H18N2O2/c1-18(15-7-9-17-10-8-15)14-5-3-13(4-6-14)16-19-11-2-12-20-16/h3-10,16H,2,11-12H2,1H3. The number of rotatable bonds is 3. The van der Waals surface area contributed by atoms with Crippen LogP contribution in [0.1, 0.15) is 18.3 Å². The molecule has 1 aromatic carbocycles. The average Bonchev–Trinajstić information content (AvgIpc) is 2.56. The number of pyridine rings is 1. The van der Waals surface area contributed by atoms with E-state index in [4.69, 9.17) is 9.47 Å². The lowest BCUT2D eigenvalue weighted by Crippen LogP contribution is -2.17. The second-order valence-electron chi connectivity index (χ2n) is 4.78. The Balaban J connectivity index is 1.75. The quantitative estimate of drug-likeness (QED) is 0.857. The summed E-state index contributed by atoms with van der Waals surface area (Å²) in [6.45, 7) is 1.53. The Hall–Kier alpha value is -1.91. The molecule has 0 saturated carbocycles. The van der Waals surface area contributed by atoms with Crippen LogP contribution in [0.3, 0.4) is 0 Å². The molecule has 0 atom stereocenters. The lowest BCUT2D eigenvalue weighted by Gasteiger charge is -2.24. The van der Waals surface area contributed by atoms with Crippen molar-refractivity contribution in [3.8, 4) is 0 Å². The maximum Gasteiger partial charge on any atom is 0.183 e. The number of nitrogens with zero attached hydrogens (tertiary/aromatic N) is 2. The Morgan fingerprint density at radius 1 is 0.950 bits per heavy atom. The molecule has 4 heteroatoms. The summed E-state index contributed by atoms with van der Waals surface area (Å²) in [5.41, 5.74) is 3.30. The molecule has 1 aliphatic heterocycles. The molecule has 104 valence electrons. The van der Waals surface area contributed by atoms with Crippen molar-refractivity contribution in [2.75, 3.05) is 25.2 Å². The van der Waals surface area contributed by atoms with Crippen molar-refractivity contribution in [3.05, 3.63) is 54.4 Å². The van der Waals surface area contributed by atoms with Crippen LogP contribution in [-0.2, 0) is 9.47 Å². The van der Waals surface area contributed by atoms with Crippen LogP contribution in [-0.4, -0.2) is 25.2 Å². The van der Waals surface area contributed by atoms with Gasteiger partial charge in [-0.3, -0.25) is 4.98 Å². The van der Waals surface area contributed by atoms with Gasteiger partial charge in [-0.05, 0) is 30.7 Å². The molecule has 1 saturated heterocycles. The van der Waals surface area contributed by atoms with Gasteiger partial charge in [0.25, 0.3) is 0 Å². The molecule has 0 amide bonds. The predicted octanol–water partition coefficient (Wildman–Crippen LogP) is 3.29. The lowest BCUT2D eigenvalue weighted by molar-refractivity contribution is -0.183. The van der Waals surface area contributed by atoms with Gasteiger partial charge in [0.1, 0.15) is 0 Å². The van der Waals surface area contributed by atoms with E-state index in [1.807, 2.05) is 19.2 Å². The molecule has 0 unspecified atom stereocenters. The lowest BCUT2D eigenvalue weighted by atomic mass is 10.1. The van der Waals surface area contributed by atoms with Gasteiger partial charge in [-0.15, -0.1) is 0 Å². The summed E-state index contributed by atoms with van der Waals surface area (Å²) in [5.74, 6) is 0. The van der Waals surface area contributed by atoms with Crippen molar-refractivity contribution in [2.24, 2.45) is 0 Å². The highest BCUT2D eigenvalue weighted by molar-refractivity contribution is 5.61. The zero-order valence-electron chi connectivity index (χ0n) is 11.5. The number of benzene rings is 1. The number of ether oxygens (including phenoxy) is 2. The normalized spacial score (nSPS) is 16.1. The van der Waals surface area contributed by atoms with Crippen LogP contribution in [0, 0.1) is 0 Å². The summed E-state index contributed by atoms with van der Waals surface area (Å²) < 4.78 is 11.2. The highest BCUT2D eigenvalue weighted by Crippen LogP contribution is 2.27. The third kappa shape index (κ3) is 2.81. The van der Waals surface area contributed by atoms with Gasteiger partial charge in [0.05, 0.1) is 13.2 Å². The molecule has 0 bridgehead atoms. The van der Waals surface area contributed by atoms with Crippen molar-refractivity contribution in [1.29, 1.82) is 0 Å². The Labute approximate surface area is 119 Å². The van der Waals surface area contributed by atoms with Gasteiger partial charge < -0.3 is 14.4 Å². The zero-order valence-corrected chi connectivity index (χ0v) is 11.5. The number of hydrogen-bond acceptors (Lipinski definition) is 4. The van der Waals surface area contributed by atoms with Crippen LogP contribution < -0.4 is 4.90 Å². The number of anilines is 2. The first-order chi connectivity index (χ1) is 9.84. The van der Waals surface area contributed by atoms with Crippen molar-refractivity contribution in [3.63, 3.8) is 0 Å². The van der Waals surface area contributed by atoms with E-state index in [1.54, 1.807) is 12.4 Å². The van der Waals surface area contributed by atoms with E-state index in [1.165, 1.54) is 0 Å². The molecule has 4 nitrogen and oxygen atoms in total. The average molecular weight is 270 g/mol. The fraction of sp³-hybridized carbons (Fsp3) is 0.312. The fourth-order valence-electron chi connectivity index (χ4n) is 2.25. The Kier molecular flexibility index (Phi) is 3.95. The maximum absolute atomic E-state index is 5.60. The van der Waals surface area contributed by atoms with Crippen molar-refractivity contribution < 1.29 is 9.47 Å². The first kappa shape index (κ1) is 13.1. The van der Waals surface area contributed by atoms with Crippen LogP contribution >= 0.6 is 0 Å². The summed E-state index contributed by atoms with van der Waals surface area (Å²) in [4.78, 5) is 6.16. The summed E-state index contributed by atoms with van der Waals surface area (Å²) in [6, 6.07) is 12.3. The zero-order chi connectivity index (χ0) is 13.8. The molecule has 20 heavy (non-hydrogen) atoms. The molecule has 1 aliphatic rings. The van der Waals surface area contributed by atoms with Gasteiger partial charge in [-0.2, -0.15) is 0 Å². The van der Waals surface area contributed by atoms with Crippen LogP contribution in [0.2, 0.25) is 0 Å². The van der Waals surface area contributed by atoms with E-state index in [0.29, 0.717) is 0 Å². The van der Waals surface area contributed by atoms with E-state index < -0.39 is 0 Å². The minimum Gasteiger partial charge on any atom is -0.348 e. The first-order valence-corrected chi connectivity index (χ1v) is 6.81. The molecule has 0 N–H and O–H groups in total. The molecule has 0 radical (unpaired) electrons. The van der Waals surface area contributed by atoms with Crippen molar-refractivity contribution >= 4 is 11.4 Å². The third-order valence-electron chi connectivity index (χ3n) is 3.43. The van der Waals surface area contributed by atoms with E-state index in [-0.39, 0.29) is 6.29 Å². The topological polar surface area (TPSA) is 34.6 Å². The van der Waals surface area contributed by atoms with Crippen LogP contribution in [0.4, 0.5) is 11.4 Å². The van der Waals surface area contributed by atoms with Gasteiger partial charge in [-0.1, -0.05) is 12.1 Å². The van der Waals surface area contributed by atoms with Gasteiger partial charge in [0.2, 0.25) is 0 Å². The maximum atomic E-state index is 5.60. The molecular weight excluding hydrogens is 252 g/mol. The second-order valence-corrected chi connectivity index (χ2v) is 4.78. The van der Waals surface area contributed by atoms with E-state index >= 15 is 0 Å². The largest absolute Gasteiger partial charge is 0.348 e. The smallest absolute Gasteiger partial charge is 0.183 e. The van der Waals surface area contributed by atoms with E-state index in [2.05, 4.69) is 34.1 Å². The summed E-state index contributed by atoms with van der Waals surface area (Å²) in [7, 11) is 2.04. The summed E-state index contributed by atoms with van der Waals surface area (Å²) in [6.07, 6.45) is 4.34. The molecule has 0 spiro atoms. The summed E-state index contributed by atoms with van der Waals surface area (Å²) >= 11 is 0. The predicted molar refractivity (Wildman–Crippen MR) is 78.0 cm³/mol. The van der Waals surface area contributed by atoms with Gasteiger partial charge in [0, 0.05) is 36.4 Å². The first-order valence-electron chi connectivity index (χ1n) is 6.81. The fourth-order valence-corrected chi connectivity index (χ4v) is 2.25. The molecule has 2 heterocycles. The third-order valence-corrected chi connectivity index (χ3v) is 3.43. The molecule has 3 rings (SSSR count). The monoisotopic (exact) mass is 270 g/mol. The molecular formula is C16H18N2O2. The SMILES string of the molecule is CN(c1ccncc1)c1ccc(C2OCCCO2)cc1. The highest BCUT2D eigenvalue weighted by Gasteiger charge is 2.16. The minimum atomic E-state index is -0.218. The van der Waals surface area contributed by atoms with Crippen LogP contribution in [0.5, 0.6) is 0 Å². The van der Waals surface area contributed by atoms with Crippen LogP contribution in [0.15, 0.2) is 48.8 Å². The Bertz CT molecular complexity index is 536. The number of aromatic nitrogens is 1. The second kappa shape index (κ2) is 6.03. The Morgan fingerprint density at radius 2 is 1.55 bits per heavy atom. The molecule has 1 fully saturated rings.